The summed E-state index contributed by atoms with van der Waals surface area (Å²) in [5.41, 5.74) is 0. The number of hydrogen-bond donors (Lipinski definition) is 0. The van der Waals surface area contributed by atoms with Crippen LogP contribution in [-0.2, 0) is 11.3 Å². The molecule has 1 aliphatic heterocycles. The Balaban J connectivity index is 1.41. The first-order valence-electron chi connectivity index (χ1n) is 5.91. The van der Waals surface area contributed by atoms with Gasteiger partial charge in [-0.05, 0) is 18.6 Å². The number of imidazole rings is 1. The zero-order valence-corrected chi connectivity index (χ0v) is 9.86. The molecule has 3 rings (SSSR count). The maximum Gasteiger partial charge on any atom is 0.361 e. The monoisotopic (exact) mass is 246 g/mol. The Labute approximate surface area is 105 Å². The van der Waals surface area contributed by atoms with Crippen LogP contribution in [-0.4, -0.2) is 22.6 Å². The quantitative estimate of drug-likeness (QED) is 0.757. The van der Waals surface area contributed by atoms with E-state index in [0.29, 0.717) is 6.61 Å². The number of ether oxygens (including phenoxy) is 3. The summed E-state index contributed by atoms with van der Waals surface area (Å²) in [6.07, 6.45) is 6.37. The molecular formula is C13H14N2O3. The topological polar surface area (TPSA) is 45.5 Å². The summed E-state index contributed by atoms with van der Waals surface area (Å²) in [5, 5.41) is 0. The maximum atomic E-state index is 5.51. The lowest BCUT2D eigenvalue weighted by atomic mass is 10.3. The van der Waals surface area contributed by atoms with E-state index in [-0.39, 0.29) is 0 Å². The van der Waals surface area contributed by atoms with Crippen molar-refractivity contribution in [2.24, 2.45) is 0 Å². The van der Waals surface area contributed by atoms with Crippen LogP contribution in [0.2, 0.25) is 0 Å². The third-order valence-electron chi connectivity index (χ3n) is 2.67. The summed E-state index contributed by atoms with van der Waals surface area (Å²) in [4.78, 5) is 3.98. The minimum atomic E-state index is -0.620. The predicted octanol–water partition coefficient (Wildman–Crippen LogP) is 2.04. The minimum Gasteiger partial charge on any atom is -0.428 e. The van der Waals surface area contributed by atoms with Crippen molar-refractivity contribution in [1.82, 2.24) is 9.55 Å². The zero-order valence-electron chi connectivity index (χ0n) is 9.86. The minimum absolute atomic E-state index is 0.580. The van der Waals surface area contributed by atoms with Gasteiger partial charge in [-0.2, -0.15) is 0 Å². The fraction of sp³-hybridized carbons (Fsp3) is 0.308. The van der Waals surface area contributed by atoms with Crippen LogP contribution in [0.4, 0.5) is 0 Å². The molecule has 94 valence electrons. The molecule has 0 saturated carbocycles. The average Bonchev–Trinajstić information content (AvgIpc) is 3.03. The van der Waals surface area contributed by atoms with Gasteiger partial charge in [-0.1, -0.05) is 12.1 Å². The Morgan fingerprint density at radius 3 is 2.67 bits per heavy atom. The fourth-order valence-corrected chi connectivity index (χ4v) is 1.79. The summed E-state index contributed by atoms with van der Waals surface area (Å²) >= 11 is 0. The van der Waals surface area contributed by atoms with Gasteiger partial charge < -0.3 is 18.8 Å². The van der Waals surface area contributed by atoms with Gasteiger partial charge in [0.05, 0.1) is 12.9 Å². The van der Waals surface area contributed by atoms with Gasteiger partial charge in [0.1, 0.15) is 0 Å². The molecule has 2 heterocycles. The molecule has 18 heavy (non-hydrogen) atoms. The lowest BCUT2D eigenvalue weighted by Crippen LogP contribution is -2.22. The van der Waals surface area contributed by atoms with Crippen LogP contribution in [0.5, 0.6) is 11.5 Å². The third kappa shape index (κ3) is 2.46. The smallest absolute Gasteiger partial charge is 0.361 e. The highest BCUT2D eigenvalue weighted by Crippen LogP contribution is 2.34. The number of nitrogens with zero attached hydrogens (tertiary/aromatic N) is 2. The van der Waals surface area contributed by atoms with Crippen molar-refractivity contribution in [2.45, 2.75) is 19.4 Å². The van der Waals surface area contributed by atoms with Gasteiger partial charge in [-0.3, -0.25) is 0 Å². The van der Waals surface area contributed by atoms with E-state index in [4.69, 9.17) is 14.2 Å². The van der Waals surface area contributed by atoms with E-state index < -0.39 is 6.48 Å². The van der Waals surface area contributed by atoms with Crippen LogP contribution in [0.1, 0.15) is 6.42 Å². The highest BCUT2D eigenvalue weighted by atomic mass is 16.9. The molecule has 1 aromatic heterocycles. The molecule has 0 saturated heterocycles. The third-order valence-corrected chi connectivity index (χ3v) is 2.67. The van der Waals surface area contributed by atoms with Gasteiger partial charge >= 0.3 is 6.48 Å². The number of hydrogen-bond acceptors (Lipinski definition) is 4. The lowest BCUT2D eigenvalue weighted by Gasteiger charge is -2.10. The fourth-order valence-electron chi connectivity index (χ4n) is 1.79. The van der Waals surface area contributed by atoms with Crippen LogP contribution in [0.3, 0.4) is 0 Å². The van der Waals surface area contributed by atoms with E-state index in [9.17, 15) is 0 Å². The van der Waals surface area contributed by atoms with Crippen LogP contribution in [0.15, 0.2) is 43.0 Å². The molecular weight excluding hydrogens is 232 g/mol. The molecule has 0 bridgehead atoms. The molecule has 5 nitrogen and oxygen atoms in total. The molecule has 0 N–H and O–H groups in total. The molecule has 0 spiro atoms. The Bertz CT molecular complexity index is 474. The van der Waals surface area contributed by atoms with Crippen LogP contribution in [0, 0.1) is 0 Å². The zero-order chi connectivity index (χ0) is 12.2. The van der Waals surface area contributed by atoms with Crippen molar-refractivity contribution in [3.8, 4) is 11.5 Å². The molecule has 0 unspecified atom stereocenters. The number of aromatic nitrogens is 2. The van der Waals surface area contributed by atoms with Crippen molar-refractivity contribution in [1.29, 1.82) is 0 Å². The van der Waals surface area contributed by atoms with Crippen molar-refractivity contribution >= 4 is 0 Å². The molecule has 0 fully saturated rings. The van der Waals surface area contributed by atoms with Crippen molar-refractivity contribution < 1.29 is 14.2 Å². The Morgan fingerprint density at radius 2 is 2.00 bits per heavy atom. The molecule has 0 aliphatic carbocycles. The van der Waals surface area contributed by atoms with E-state index in [1.54, 1.807) is 12.5 Å². The molecule has 1 aliphatic rings. The first-order valence-corrected chi connectivity index (χ1v) is 5.91. The van der Waals surface area contributed by atoms with Crippen LogP contribution in [0.25, 0.3) is 0 Å². The highest BCUT2D eigenvalue weighted by molar-refractivity contribution is 5.41. The van der Waals surface area contributed by atoms with Gasteiger partial charge in [0, 0.05) is 18.9 Å². The van der Waals surface area contributed by atoms with Crippen LogP contribution >= 0.6 is 0 Å². The van der Waals surface area contributed by atoms with E-state index in [1.807, 2.05) is 35.0 Å². The van der Waals surface area contributed by atoms with Gasteiger partial charge in [0.25, 0.3) is 0 Å². The molecule has 1 aromatic carbocycles. The Hall–Kier alpha value is -2.01. The average molecular weight is 246 g/mol. The van der Waals surface area contributed by atoms with Crippen LogP contribution < -0.4 is 9.47 Å². The molecule has 0 amide bonds. The summed E-state index contributed by atoms with van der Waals surface area (Å²) in [5.74, 6) is 1.47. The Kier molecular flexibility index (Phi) is 3.14. The van der Waals surface area contributed by atoms with E-state index >= 15 is 0 Å². The number of aryl methyl sites for hydroxylation is 1. The SMILES string of the molecule is c1ccc2c(c1)OC(OCCCn1ccnc1)O2. The highest BCUT2D eigenvalue weighted by Gasteiger charge is 2.23. The summed E-state index contributed by atoms with van der Waals surface area (Å²) in [7, 11) is 0. The Morgan fingerprint density at radius 1 is 1.22 bits per heavy atom. The largest absolute Gasteiger partial charge is 0.428 e. The standard InChI is InChI=1S/C13H14N2O3/c1-2-5-12-11(4-1)17-13(18-12)16-9-3-7-15-8-6-14-10-15/h1-2,4-6,8,10,13H,3,7,9H2. The first kappa shape index (κ1) is 11.1. The lowest BCUT2D eigenvalue weighted by molar-refractivity contribution is -0.177. The molecule has 5 heteroatoms. The normalized spacial score (nSPS) is 14.0. The van der Waals surface area contributed by atoms with Crippen molar-refractivity contribution in [2.75, 3.05) is 6.61 Å². The summed E-state index contributed by atoms with van der Waals surface area (Å²) < 4.78 is 18.5. The van der Waals surface area contributed by atoms with Crippen molar-refractivity contribution in [3.05, 3.63) is 43.0 Å². The second-order valence-corrected chi connectivity index (χ2v) is 4.00. The number of benzene rings is 1. The molecule has 2 aromatic rings. The molecule has 0 atom stereocenters. The summed E-state index contributed by atoms with van der Waals surface area (Å²) in [6, 6.07) is 7.54. The molecule has 0 radical (unpaired) electrons. The number of rotatable bonds is 5. The second-order valence-electron chi connectivity index (χ2n) is 4.00. The van der Waals surface area contributed by atoms with Gasteiger partial charge in [0.2, 0.25) is 0 Å². The maximum absolute atomic E-state index is 5.51. The summed E-state index contributed by atoms with van der Waals surface area (Å²) in [6.45, 7) is 0.835. The first-order chi connectivity index (χ1) is 8.92. The number of para-hydroxylation sites is 2. The van der Waals surface area contributed by atoms with E-state index in [1.165, 1.54) is 0 Å². The van der Waals surface area contributed by atoms with E-state index in [2.05, 4.69) is 4.98 Å². The van der Waals surface area contributed by atoms with Gasteiger partial charge in [-0.15, -0.1) is 0 Å². The van der Waals surface area contributed by atoms with Gasteiger partial charge in [-0.25, -0.2) is 4.98 Å². The predicted molar refractivity (Wildman–Crippen MR) is 64.3 cm³/mol. The second kappa shape index (κ2) is 5.10. The van der Waals surface area contributed by atoms with Gasteiger partial charge in [0.15, 0.2) is 11.5 Å². The van der Waals surface area contributed by atoms with Crippen molar-refractivity contribution in [3.63, 3.8) is 0 Å². The number of fused-ring (bicyclic) bond motifs is 1. The van der Waals surface area contributed by atoms with E-state index in [0.717, 1.165) is 24.5 Å².